The molecule has 5 heteroatoms. The van der Waals surface area contributed by atoms with Crippen LogP contribution in [0.15, 0.2) is 223 Å². The van der Waals surface area contributed by atoms with Gasteiger partial charge < -0.3 is 13.6 Å². The minimum absolute atomic E-state index is 0.822. The third kappa shape index (κ3) is 5.19. The summed E-state index contributed by atoms with van der Waals surface area (Å²) in [7, 11) is 0. The Balaban J connectivity index is 0.998. The normalized spacial score (nSPS) is 12.2. The van der Waals surface area contributed by atoms with Crippen molar-refractivity contribution < 1.29 is 4.42 Å². The summed E-state index contributed by atoms with van der Waals surface area (Å²) in [5.41, 5.74) is 14.0. The highest BCUT2D eigenvalue weighted by Gasteiger charge is 2.23. The number of aromatic nitrogens is 4. The summed E-state index contributed by atoms with van der Waals surface area (Å²) < 4.78 is 11.3. The molecule has 0 atom stereocenters. The summed E-state index contributed by atoms with van der Waals surface area (Å²) in [5.74, 6) is 0. The molecule has 67 heavy (non-hydrogen) atoms. The highest BCUT2D eigenvalue weighted by molar-refractivity contribution is 6.19. The number of rotatable bonds is 4. The van der Waals surface area contributed by atoms with Crippen molar-refractivity contribution in [3.63, 3.8) is 0 Å². The lowest BCUT2D eigenvalue weighted by atomic mass is 9.95. The number of furan rings is 1. The standard InChI is InChI=1S/C62H36N4O/c1-2-16-38-35-56-48(33-37(38)15-1)42-18-3-9-28-53(42)66(56)55-29-11-17-39-34-49-43-19-4-8-27-52(43)65(57(49)36-47(39)55)54-30-13-21-40-41(54)22-12-23-44(40)61-62(64-51-26-7-6-25-50(51)63-61)46-24-14-32-59-60(46)45-20-5-10-31-58(45)67-59/h1-36H. The molecule has 15 rings (SSSR count). The van der Waals surface area contributed by atoms with Crippen LogP contribution in [0.3, 0.4) is 0 Å². The quantitative estimate of drug-likeness (QED) is 0.177. The summed E-state index contributed by atoms with van der Waals surface area (Å²) in [4.78, 5) is 10.9. The molecule has 4 heterocycles. The predicted octanol–water partition coefficient (Wildman–Crippen LogP) is 16.5. The monoisotopic (exact) mass is 852 g/mol. The van der Waals surface area contributed by atoms with E-state index in [9.17, 15) is 0 Å². The van der Waals surface area contributed by atoms with Gasteiger partial charge in [0, 0.05) is 54.2 Å². The van der Waals surface area contributed by atoms with Gasteiger partial charge in [-0.15, -0.1) is 0 Å². The molecule has 0 radical (unpaired) electrons. The molecule has 0 aliphatic heterocycles. The van der Waals surface area contributed by atoms with Crippen molar-refractivity contribution in [2.45, 2.75) is 0 Å². The molecule has 11 aromatic carbocycles. The third-order valence-electron chi connectivity index (χ3n) is 14.1. The summed E-state index contributed by atoms with van der Waals surface area (Å²) in [6, 6.07) is 78.5. The number of nitrogens with zero attached hydrogens (tertiary/aromatic N) is 4. The van der Waals surface area contributed by atoms with Crippen LogP contribution in [0.25, 0.3) is 143 Å². The van der Waals surface area contributed by atoms with E-state index in [-0.39, 0.29) is 0 Å². The van der Waals surface area contributed by atoms with Crippen molar-refractivity contribution in [3.8, 4) is 33.9 Å². The van der Waals surface area contributed by atoms with Crippen molar-refractivity contribution in [1.82, 2.24) is 19.1 Å². The summed E-state index contributed by atoms with van der Waals surface area (Å²) in [5, 5.41) is 14.1. The van der Waals surface area contributed by atoms with Crippen LogP contribution in [0.4, 0.5) is 0 Å². The lowest BCUT2D eigenvalue weighted by Gasteiger charge is -2.17. The Hall–Kier alpha value is -9.06. The average Bonchev–Trinajstić information content (AvgIpc) is 4.03. The van der Waals surface area contributed by atoms with E-state index in [4.69, 9.17) is 14.4 Å². The van der Waals surface area contributed by atoms with Crippen LogP contribution >= 0.6 is 0 Å². The van der Waals surface area contributed by atoms with Crippen molar-refractivity contribution in [3.05, 3.63) is 218 Å². The number of benzene rings is 11. The second-order valence-corrected chi connectivity index (χ2v) is 17.7. The maximum Gasteiger partial charge on any atom is 0.136 e. The van der Waals surface area contributed by atoms with E-state index in [0.717, 1.165) is 88.7 Å². The zero-order valence-corrected chi connectivity index (χ0v) is 36.0. The molecule has 0 aliphatic carbocycles. The van der Waals surface area contributed by atoms with Gasteiger partial charge in [0.15, 0.2) is 0 Å². The van der Waals surface area contributed by atoms with Gasteiger partial charge in [-0.2, -0.15) is 0 Å². The molecule has 4 aromatic heterocycles. The van der Waals surface area contributed by atoms with Crippen LogP contribution in [-0.2, 0) is 0 Å². The number of fused-ring (bicyclic) bond motifs is 13. The highest BCUT2D eigenvalue weighted by Crippen LogP contribution is 2.44. The Morgan fingerprint density at radius 3 is 1.55 bits per heavy atom. The van der Waals surface area contributed by atoms with E-state index in [0.29, 0.717) is 0 Å². The molecule has 5 nitrogen and oxygen atoms in total. The van der Waals surface area contributed by atoms with E-state index >= 15 is 0 Å². The Morgan fingerprint density at radius 1 is 0.299 bits per heavy atom. The largest absolute Gasteiger partial charge is 0.456 e. The van der Waals surface area contributed by atoms with Crippen LogP contribution in [0.1, 0.15) is 0 Å². The van der Waals surface area contributed by atoms with Crippen molar-refractivity contribution in [2.75, 3.05) is 0 Å². The van der Waals surface area contributed by atoms with Crippen LogP contribution in [-0.4, -0.2) is 19.1 Å². The van der Waals surface area contributed by atoms with E-state index < -0.39 is 0 Å². The van der Waals surface area contributed by atoms with Crippen LogP contribution in [0.5, 0.6) is 0 Å². The summed E-state index contributed by atoms with van der Waals surface area (Å²) >= 11 is 0. The van der Waals surface area contributed by atoms with Gasteiger partial charge in [-0.25, -0.2) is 9.97 Å². The maximum atomic E-state index is 6.40. The van der Waals surface area contributed by atoms with E-state index in [1.165, 1.54) is 54.1 Å². The molecule has 0 fully saturated rings. The number of hydrogen-bond donors (Lipinski definition) is 0. The van der Waals surface area contributed by atoms with Crippen molar-refractivity contribution >= 4 is 109 Å². The smallest absolute Gasteiger partial charge is 0.136 e. The van der Waals surface area contributed by atoms with Gasteiger partial charge in [-0.1, -0.05) is 146 Å². The average molecular weight is 853 g/mol. The molecule has 0 N–H and O–H groups in total. The van der Waals surface area contributed by atoms with Gasteiger partial charge in [0.1, 0.15) is 11.2 Å². The van der Waals surface area contributed by atoms with Gasteiger partial charge in [0.25, 0.3) is 0 Å². The lowest BCUT2D eigenvalue weighted by Crippen LogP contribution is -1.99. The van der Waals surface area contributed by atoms with Crippen LogP contribution in [0.2, 0.25) is 0 Å². The van der Waals surface area contributed by atoms with Gasteiger partial charge in [0.05, 0.1) is 55.9 Å². The van der Waals surface area contributed by atoms with Crippen LogP contribution < -0.4 is 0 Å². The molecular weight excluding hydrogens is 817 g/mol. The second kappa shape index (κ2) is 13.7. The van der Waals surface area contributed by atoms with Gasteiger partial charge in [-0.05, 0) is 94.3 Å². The molecule has 0 saturated carbocycles. The zero-order valence-electron chi connectivity index (χ0n) is 36.0. The first-order chi connectivity index (χ1) is 33.2. The Morgan fingerprint density at radius 2 is 0.791 bits per heavy atom. The molecule has 0 unspecified atom stereocenters. The molecular formula is C62H36N4O. The molecule has 0 aliphatic rings. The molecule has 0 amide bonds. The molecule has 0 saturated heterocycles. The Labute approximate surface area is 383 Å². The minimum atomic E-state index is 0.822. The molecule has 15 aromatic rings. The van der Waals surface area contributed by atoms with E-state index in [2.05, 4.69) is 191 Å². The fourth-order valence-electron chi connectivity index (χ4n) is 11.1. The second-order valence-electron chi connectivity index (χ2n) is 17.7. The molecule has 0 bridgehead atoms. The topological polar surface area (TPSA) is 48.8 Å². The Bertz CT molecular complexity index is 4590. The molecule has 310 valence electrons. The summed E-state index contributed by atoms with van der Waals surface area (Å²) in [6.45, 7) is 0. The predicted molar refractivity (Wildman–Crippen MR) is 279 cm³/mol. The fraction of sp³-hybridized carbons (Fsp3) is 0. The van der Waals surface area contributed by atoms with Gasteiger partial charge in [0.2, 0.25) is 0 Å². The van der Waals surface area contributed by atoms with Crippen molar-refractivity contribution in [1.29, 1.82) is 0 Å². The van der Waals surface area contributed by atoms with Gasteiger partial charge in [-0.3, -0.25) is 0 Å². The first-order valence-corrected chi connectivity index (χ1v) is 22.8. The number of hydrogen-bond acceptors (Lipinski definition) is 3. The van der Waals surface area contributed by atoms with Crippen LogP contribution in [0, 0.1) is 0 Å². The molecule has 0 spiro atoms. The minimum Gasteiger partial charge on any atom is -0.456 e. The zero-order chi connectivity index (χ0) is 43.7. The summed E-state index contributed by atoms with van der Waals surface area (Å²) in [6.07, 6.45) is 0. The SMILES string of the molecule is c1ccc2cc3c(cc2c1)c1ccccc1n3-c1cccc2cc3c4ccccc4n(-c4cccc5c(-c6nc7ccccc7nc6-c6cccc7oc8ccccc8c67)cccc45)c3cc12. The van der Waals surface area contributed by atoms with E-state index in [1.807, 2.05) is 36.4 Å². The van der Waals surface area contributed by atoms with E-state index in [1.54, 1.807) is 0 Å². The highest BCUT2D eigenvalue weighted by atomic mass is 16.3. The van der Waals surface area contributed by atoms with Crippen molar-refractivity contribution in [2.24, 2.45) is 0 Å². The Kier molecular flexibility index (Phi) is 7.44. The maximum absolute atomic E-state index is 6.40. The lowest BCUT2D eigenvalue weighted by molar-refractivity contribution is 0.669. The number of para-hydroxylation sites is 5. The van der Waals surface area contributed by atoms with Gasteiger partial charge >= 0.3 is 0 Å². The third-order valence-corrected chi connectivity index (χ3v) is 14.1. The first kappa shape index (κ1) is 36.3. The first-order valence-electron chi connectivity index (χ1n) is 22.8. The fourth-order valence-corrected chi connectivity index (χ4v) is 11.1.